The number of amides is 3. The summed E-state index contributed by atoms with van der Waals surface area (Å²) in [6.45, 7) is 6.24. The second kappa shape index (κ2) is 6.43. The van der Waals surface area contributed by atoms with Crippen LogP contribution in [0.15, 0.2) is 0 Å². The van der Waals surface area contributed by atoms with Gasteiger partial charge in [-0.3, -0.25) is 14.4 Å². The highest BCUT2D eigenvalue weighted by molar-refractivity contribution is 5.97. The van der Waals surface area contributed by atoms with Crippen molar-refractivity contribution < 1.29 is 14.4 Å². The minimum absolute atomic E-state index is 0.0777. The first-order chi connectivity index (χ1) is 9.88. The lowest BCUT2D eigenvalue weighted by atomic mass is 9.99. The average molecular weight is 296 g/mol. The third kappa shape index (κ3) is 3.72. The zero-order chi connectivity index (χ0) is 15.6. The van der Waals surface area contributed by atoms with E-state index in [1.54, 1.807) is 4.90 Å². The van der Waals surface area contributed by atoms with Crippen molar-refractivity contribution >= 4 is 17.7 Å². The van der Waals surface area contributed by atoms with Crippen LogP contribution in [0.25, 0.3) is 0 Å². The molecule has 0 spiro atoms. The third-order valence-corrected chi connectivity index (χ3v) is 4.31. The van der Waals surface area contributed by atoms with Gasteiger partial charge >= 0.3 is 0 Å². The van der Waals surface area contributed by atoms with Crippen molar-refractivity contribution in [2.24, 2.45) is 5.73 Å². The molecule has 0 unspecified atom stereocenters. The fourth-order valence-electron chi connectivity index (χ4n) is 3.10. The van der Waals surface area contributed by atoms with Gasteiger partial charge in [0.2, 0.25) is 17.7 Å². The van der Waals surface area contributed by atoms with Gasteiger partial charge < -0.3 is 20.9 Å². The van der Waals surface area contributed by atoms with E-state index in [0.29, 0.717) is 6.04 Å². The molecule has 7 heteroatoms. The minimum Gasteiger partial charge on any atom is -0.370 e. The number of nitrogens with one attached hydrogen (secondary N) is 1. The van der Waals surface area contributed by atoms with E-state index in [4.69, 9.17) is 5.73 Å². The molecule has 2 aliphatic heterocycles. The summed E-state index contributed by atoms with van der Waals surface area (Å²) in [4.78, 5) is 39.2. The molecule has 2 heterocycles. The molecule has 0 saturated carbocycles. The highest BCUT2D eigenvalue weighted by Gasteiger charge is 2.38. The Labute approximate surface area is 124 Å². The number of hydrogen-bond donors (Lipinski definition) is 2. The highest BCUT2D eigenvalue weighted by atomic mass is 16.2. The van der Waals surface area contributed by atoms with Crippen LogP contribution in [0, 0.1) is 0 Å². The first-order valence-electron chi connectivity index (χ1n) is 7.50. The molecule has 0 aliphatic carbocycles. The fourth-order valence-corrected chi connectivity index (χ4v) is 3.10. The van der Waals surface area contributed by atoms with Crippen LogP contribution in [0.2, 0.25) is 0 Å². The number of nitrogens with two attached hydrogens (primary N) is 1. The van der Waals surface area contributed by atoms with E-state index in [0.717, 1.165) is 25.9 Å². The molecule has 2 fully saturated rings. The molecule has 2 aliphatic rings. The number of rotatable bonds is 4. The van der Waals surface area contributed by atoms with E-state index >= 15 is 0 Å². The molecule has 7 nitrogen and oxygen atoms in total. The molecule has 118 valence electrons. The summed E-state index contributed by atoms with van der Waals surface area (Å²) in [6, 6.07) is -0.227. The van der Waals surface area contributed by atoms with Crippen molar-refractivity contribution in [2.75, 3.05) is 19.6 Å². The molecule has 1 atom stereocenters. The van der Waals surface area contributed by atoms with Crippen LogP contribution < -0.4 is 11.1 Å². The number of nitrogens with zero attached hydrogens (tertiary/aromatic N) is 2. The van der Waals surface area contributed by atoms with Gasteiger partial charge in [-0.1, -0.05) is 0 Å². The van der Waals surface area contributed by atoms with Crippen molar-refractivity contribution in [2.45, 2.75) is 51.2 Å². The van der Waals surface area contributed by atoms with Gasteiger partial charge in [-0.15, -0.1) is 0 Å². The van der Waals surface area contributed by atoms with Crippen molar-refractivity contribution in [3.8, 4) is 0 Å². The molecule has 3 amide bonds. The molecule has 2 rings (SSSR count). The second-order valence-corrected chi connectivity index (χ2v) is 6.12. The summed E-state index contributed by atoms with van der Waals surface area (Å²) in [7, 11) is 0. The largest absolute Gasteiger partial charge is 0.370 e. The summed E-state index contributed by atoms with van der Waals surface area (Å²) >= 11 is 0. The topological polar surface area (TPSA) is 95.7 Å². The zero-order valence-electron chi connectivity index (χ0n) is 12.7. The Kier molecular flexibility index (Phi) is 4.82. The van der Waals surface area contributed by atoms with Crippen molar-refractivity contribution in [1.29, 1.82) is 0 Å². The van der Waals surface area contributed by atoms with E-state index in [-0.39, 0.29) is 30.8 Å². The van der Waals surface area contributed by atoms with Gasteiger partial charge in [0.25, 0.3) is 0 Å². The van der Waals surface area contributed by atoms with Crippen molar-refractivity contribution in [1.82, 2.24) is 15.1 Å². The van der Waals surface area contributed by atoms with Gasteiger partial charge in [0.15, 0.2) is 0 Å². The van der Waals surface area contributed by atoms with Gasteiger partial charge in [0.05, 0.1) is 13.0 Å². The Hall–Kier alpha value is -1.63. The average Bonchev–Trinajstić information content (AvgIpc) is 2.42. The van der Waals surface area contributed by atoms with Gasteiger partial charge in [-0.2, -0.15) is 0 Å². The van der Waals surface area contributed by atoms with Crippen LogP contribution in [0.4, 0.5) is 0 Å². The van der Waals surface area contributed by atoms with Crippen LogP contribution in [0.5, 0.6) is 0 Å². The van der Waals surface area contributed by atoms with Crippen molar-refractivity contribution in [3.05, 3.63) is 0 Å². The number of carbonyl (C=O) groups excluding carboxylic acids is 3. The minimum atomic E-state index is -0.799. The lowest BCUT2D eigenvalue weighted by Crippen LogP contribution is -2.62. The number of carbonyl (C=O) groups is 3. The lowest BCUT2D eigenvalue weighted by molar-refractivity contribution is -0.148. The maximum Gasteiger partial charge on any atom is 0.246 e. The monoisotopic (exact) mass is 296 g/mol. The van der Waals surface area contributed by atoms with Crippen LogP contribution in [-0.2, 0) is 14.4 Å². The smallest absolute Gasteiger partial charge is 0.246 e. The van der Waals surface area contributed by atoms with Crippen LogP contribution in [0.1, 0.15) is 33.1 Å². The summed E-state index contributed by atoms with van der Waals surface area (Å²) < 4.78 is 0. The Morgan fingerprint density at radius 2 is 1.95 bits per heavy atom. The van der Waals surface area contributed by atoms with E-state index in [1.165, 1.54) is 0 Å². The number of hydrogen-bond acceptors (Lipinski definition) is 4. The maximum atomic E-state index is 12.4. The molecule has 21 heavy (non-hydrogen) atoms. The third-order valence-electron chi connectivity index (χ3n) is 4.31. The summed E-state index contributed by atoms with van der Waals surface area (Å²) in [5, 5.41) is 2.55. The fraction of sp³-hybridized carbons (Fsp3) is 0.786. The molecule has 0 aromatic rings. The first kappa shape index (κ1) is 15.8. The summed E-state index contributed by atoms with van der Waals surface area (Å²) in [5.41, 5.74) is 5.14. The normalized spacial score (nSPS) is 25.3. The zero-order valence-corrected chi connectivity index (χ0v) is 12.7. The number of likely N-dealkylation sites (tertiary alicyclic amines) is 1. The quantitative estimate of drug-likeness (QED) is 0.700. The van der Waals surface area contributed by atoms with E-state index < -0.39 is 11.9 Å². The van der Waals surface area contributed by atoms with Gasteiger partial charge in [-0.05, 0) is 26.7 Å². The molecular formula is C14H24N4O3. The van der Waals surface area contributed by atoms with Gasteiger partial charge in [0.1, 0.15) is 6.04 Å². The van der Waals surface area contributed by atoms with Crippen LogP contribution in [-0.4, -0.2) is 65.3 Å². The first-order valence-corrected chi connectivity index (χ1v) is 7.50. The van der Waals surface area contributed by atoms with Crippen molar-refractivity contribution in [3.63, 3.8) is 0 Å². The second-order valence-electron chi connectivity index (χ2n) is 6.12. The highest BCUT2D eigenvalue weighted by Crippen LogP contribution is 2.21. The van der Waals surface area contributed by atoms with E-state index in [1.807, 2.05) is 0 Å². The molecule has 2 saturated heterocycles. The molecule has 0 aromatic heterocycles. The maximum absolute atomic E-state index is 12.4. The number of piperidine rings is 1. The SMILES string of the molecule is CC(C)N1CCC(N2CC(=O)N[C@H](CC(N)=O)C2=O)CC1. The predicted octanol–water partition coefficient (Wildman–Crippen LogP) is -0.938. The molecule has 0 radical (unpaired) electrons. The van der Waals surface area contributed by atoms with Gasteiger partial charge in [-0.25, -0.2) is 0 Å². The number of piperazine rings is 1. The van der Waals surface area contributed by atoms with E-state index in [2.05, 4.69) is 24.1 Å². The summed E-state index contributed by atoms with van der Waals surface area (Å²) in [6.07, 6.45) is 1.59. The molecule has 3 N–H and O–H groups in total. The van der Waals surface area contributed by atoms with Gasteiger partial charge in [0, 0.05) is 25.2 Å². The predicted molar refractivity (Wildman–Crippen MR) is 77.2 cm³/mol. The van der Waals surface area contributed by atoms with Crippen LogP contribution in [0.3, 0.4) is 0 Å². The Morgan fingerprint density at radius 1 is 1.33 bits per heavy atom. The number of primary amides is 1. The molecule has 0 aromatic carbocycles. The standard InChI is InChI=1S/C14H24N4O3/c1-9(2)17-5-3-10(4-6-17)18-8-13(20)16-11(14(18)21)7-12(15)19/h9-11H,3-8H2,1-2H3,(H2,15,19)(H,16,20)/t11-/m1/s1. The molecule has 0 bridgehead atoms. The lowest BCUT2D eigenvalue weighted by Gasteiger charge is -2.42. The van der Waals surface area contributed by atoms with Crippen LogP contribution >= 0.6 is 0 Å². The Morgan fingerprint density at radius 3 is 2.48 bits per heavy atom. The van der Waals surface area contributed by atoms with E-state index in [9.17, 15) is 14.4 Å². The Bertz CT molecular complexity index is 428. The summed E-state index contributed by atoms with van der Waals surface area (Å²) in [5.74, 6) is -0.978. The molecular weight excluding hydrogens is 272 g/mol. The Balaban J connectivity index is 2.00.